The first-order valence-corrected chi connectivity index (χ1v) is 6.41. The molecule has 2 atom stereocenters. The molecule has 0 aliphatic rings. The van der Waals surface area contributed by atoms with Gasteiger partial charge in [-0.15, -0.1) is 18.2 Å². The lowest BCUT2D eigenvalue weighted by Gasteiger charge is -2.41. The summed E-state index contributed by atoms with van der Waals surface area (Å²) in [6.07, 6.45) is 1.93. The Morgan fingerprint density at radius 2 is 1.94 bits per heavy atom. The zero-order valence-electron chi connectivity index (χ0n) is 10.8. The Hall–Kier alpha value is -1.12. The third kappa shape index (κ3) is 2.50. The van der Waals surface area contributed by atoms with E-state index in [9.17, 15) is 9.90 Å². The van der Waals surface area contributed by atoms with Crippen LogP contribution in [0.3, 0.4) is 0 Å². The van der Waals surface area contributed by atoms with Gasteiger partial charge in [-0.1, -0.05) is 36.4 Å². The Morgan fingerprint density at radius 3 is 2.39 bits per heavy atom. The van der Waals surface area contributed by atoms with Gasteiger partial charge in [-0.2, -0.15) is 0 Å². The molecule has 0 spiro atoms. The molecule has 0 radical (unpaired) electrons. The maximum atomic E-state index is 12.2. The zero-order valence-corrected chi connectivity index (χ0v) is 11.6. The summed E-state index contributed by atoms with van der Waals surface area (Å²) in [6, 6.07) is 9.24. The molecule has 0 amide bonds. The van der Waals surface area contributed by atoms with E-state index in [0.717, 1.165) is 5.56 Å². The van der Waals surface area contributed by atoms with Crippen LogP contribution in [0.4, 0.5) is 0 Å². The van der Waals surface area contributed by atoms with Crippen molar-refractivity contribution in [3.63, 3.8) is 0 Å². The van der Waals surface area contributed by atoms with Crippen molar-refractivity contribution in [1.29, 1.82) is 0 Å². The monoisotopic (exact) mass is 266 g/mol. The predicted molar refractivity (Wildman–Crippen MR) is 75.0 cm³/mol. The second kappa shape index (κ2) is 5.68. The molecular formula is C15H19ClO2. The fourth-order valence-corrected chi connectivity index (χ4v) is 2.43. The first-order chi connectivity index (χ1) is 8.40. The summed E-state index contributed by atoms with van der Waals surface area (Å²) >= 11 is 5.71. The second-order valence-electron chi connectivity index (χ2n) is 4.81. The molecule has 0 saturated carbocycles. The average molecular weight is 267 g/mol. The van der Waals surface area contributed by atoms with Crippen LogP contribution in [0, 0.1) is 0 Å². The highest BCUT2D eigenvalue weighted by Crippen LogP contribution is 2.38. The molecule has 1 N–H and O–H groups in total. The topological polar surface area (TPSA) is 37.3 Å². The number of rotatable bonds is 6. The third-order valence-electron chi connectivity index (χ3n) is 3.65. The van der Waals surface area contributed by atoms with Gasteiger partial charge in [0.15, 0.2) is 5.78 Å². The molecule has 18 heavy (non-hydrogen) atoms. The molecule has 2 nitrogen and oxygen atoms in total. The highest BCUT2D eigenvalue weighted by atomic mass is 35.5. The SMILES string of the molecule is C=CCC(C)(O)C(C)(C(=O)CCl)c1ccccc1. The number of hydrogen-bond acceptors (Lipinski definition) is 2. The van der Waals surface area contributed by atoms with Crippen molar-refractivity contribution in [1.82, 2.24) is 0 Å². The van der Waals surface area contributed by atoms with E-state index in [4.69, 9.17) is 11.6 Å². The van der Waals surface area contributed by atoms with Gasteiger partial charge in [-0.3, -0.25) is 4.79 Å². The number of carbonyl (C=O) groups is 1. The molecule has 3 heteroatoms. The van der Waals surface area contributed by atoms with Gasteiger partial charge in [0.2, 0.25) is 0 Å². The van der Waals surface area contributed by atoms with E-state index >= 15 is 0 Å². The summed E-state index contributed by atoms with van der Waals surface area (Å²) in [6.45, 7) is 7.01. The Labute approximate surface area is 113 Å². The standard InChI is InChI=1S/C15H19ClO2/c1-4-10-14(2,18)15(3,13(17)11-16)12-8-6-5-7-9-12/h4-9,18H,1,10-11H2,2-3H3. The van der Waals surface area contributed by atoms with Crippen molar-refractivity contribution in [2.45, 2.75) is 31.3 Å². The van der Waals surface area contributed by atoms with E-state index in [-0.39, 0.29) is 11.7 Å². The lowest BCUT2D eigenvalue weighted by atomic mass is 9.65. The molecule has 1 aromatic rings. The van der Waals surface area contributed by atoms with Crippen LogP contribution in [-0.4, -0.2) is 22.4 Å². The van der Waals surface area contributed by atoms with Gasteiger partial charge < -0.3 is 5.11 Å². The van der Waals surface area contributed by atoms with Crippen LogP contribution in [0.1, 0.15) is 25.8 Å². The average Bonchev–Trinajstić information content (AvgIpc) is 2.37. The van der Waals surface area contributed by atoms with Gasteiger partial charge in [0.05, 0.1) is 16.9 Å². The molecule has 0 aliphatic carbocycles. The van der Waals surface area contributed by atoms with Crippen molar-refractivity contribution < 1.29 is 9.90 Å². The number of alkyl halides is 1. The van der Waals surface area contributed by atoms with Crippen molar-refractivity contribution in [3.8, 4) is 0 Å². The third-order valence-corrected chi connectivity index (χ3v) is 3.89. The number of carbonyl (C=O) groups excluding carboxylic acids is 1. The first-order valence-electron chi connectivity index (χ1n) is 5.88. The van der Waals surface area contributed by atoms with E-state index in [0.29, 0.717) is 6.42 Å². The highest BCUT2D eigenvalue weighted by Gasteiger charge is 2.48. The summed E-state index contributed by atoms with van der Waals surface area (Å²) in [5.41, 5.74) is -1.49. The molecule has 0 fully saturated rings. The van der Waals surface area contributed by atoms with Crippen LogP contribution in [0.2, 0.25) is 0 Å². The Morgan fingerprint density at radius 1 is 1.39 bits per heavy atom. The van der Waals surface area contributed by atoms with Crippen LogP contribution in [0.25, 0.3) is 0 Å². The summed E-state index contributed by atoms with van der Waals surface area (Å²) in [7, 11) is 0. The minimum Gasteiger partial charge on any atom is -0.388 e. The summed E-state index contributed by atoms with van der Waals surface area (Å²) < 4.78 is 0. The van der Waals surface area contributed by atoms with E-state index < -0.39 is 11.0 Å². The molecule has 0 bridgehead atoms. The summed E-state index contributed by atoms with van der Waals surface area (Å²) in [5.74, 6) is -0.319. The number of aliphatic hydroxyl groups is 1. The number of benzene rings is 1. The maximum Gasteiger partial charge on any atom is 0.160 e. The Bertz CT molecular complexity index is 425. The fourth-order valence-electron chi connectivity index (χ4n) is 2.16. The van der Waals surface area contributed by atoms with Crippen LogP contribution >= 0.6 is 11.6 Å². The van der Waals surface area contributed by atoms with Gasteiger partial charge in [0.1, 0.15) is 0 Å². The largest absolute Gasteiger partial charge is 0.388 e. The van der Waals surface area contributed by atoms with E-state index in [1.165, 1.54) is 0 Å². The van der Waals surface area contributed by atoms with Crippen molar-refractivity contribution in [2.24, 2.45) is 0 Å². The zero-order chi connectivity index (χ0) is 13.8. The van der Waals surface area contributed by atoms with Gasteiger partial charge in [-0.05, 0) is 25.8 Å². The van der Waals surface area contributed by atoms with E-state index in [2.05, 4.69) is 6.58 Å². The van der Waals surface area contributed by atoms with E-state index in [1.807, 2.05) is 30.3 Å². The Balaban J connectivity index is 3.36. The van der Waals surface area contributed by atoms with Crippen LogP contribution in [0.5, 0.6) is 0 Å². The van der Waals surface area contributed by atoms with Crippen molar-refractivity contribution in [2.75, 3.05) is 5.88 Å². The molecule has 0 aromatic heterocycles. The van der Waals surface area contributed by atoms with E-state index in [1.54, 1.807) is 19.9 Å². The van der Waals surface area contributed by atoms with Crippen LogP contribution < -0.4 is 0 Å². The lowest BCUT2D eigenvalue weighted by molar-refractivity contribution is -0.131. The lowest BCUT2D eigenvalue weighted by Crippen LogP contribution is -2.53. The number of halogens is 1. The van der Waals surface area contributed by atoms with Crippen molar-refractivity contribution in [3.05, 3.63) is 48.6 Å². The van der Waals surface area contributed by atoms with Crippen LogP contribution in [-0.2, 0) is 10.2 Å². The van der Waals surface area contributed by atoms with Gasteiger partial charge >= 0.3 is 0 Å². The summed E-state index contributed by atoms with van der Waals surface area (Å²) in [4.78, 5) is 12.2. The van der Waals surface area contributed by atoms with Gasteiger partial charge in [0, 0.05) is 0 Å². The summed E-state index contributed by atoms with van der Waals surface area (Å²) in [5, 5.41) is 10.6. The highest BCUT2D eigenvalue weighted by molar-refractivity contribution is 6.29. The smallest absolute Gasteiger partial charge is 0.160 e. The molecule has 2 unspecified atom stereocenters. The molecular weight excluding hydrogens is 248 g/mol. The normalized spacial score (nSPS) is 17.6. The minimum atomic E-state index is -1.22. The fraction of sp³-hybridized carbons (Fsp3) is 0.400. The Kier molecular flexibility index (Phi) is 4.71. The van der Waals surface area contributed by atoms with Gasteiger partial charge in [-0.25, -0.2) is 0 Å². The molecule has 0 heterocycles. The molecule has 0 aliphatic heterocycles. The number of hydrogen-bond donors (Lipinski definition) is 1. The van der Waals surface area contributed by atoms with Crippen molar-refractivity contribution >= 4 is 17.4 Å². The maximum absolute atomic E-state index is 12.2. The molecule has 1 rings (SSSR count). The molecule has 1 aromatic carbocycles. The minimum absolute atomic E-state index is 0.126. The van der Waals surface area contributed by atoms with Gasteiger partial charge in [0.25, 0.3) is 0 Å². The number of Topliss-reactive ketones (excluding diaryl/α,β-unsaturated/α-hetero) is 1. The number of ketones is 1. The predicted octanol–water partition coefficient (Wildman–Crippen LogP) is 3.08. The molecule has 98 valence electrons. The quantitative estimate of drug-likeness (QED) is 0.635. The van der Waals surface area contributed by atoms with Crippen LogP contribution in [0.15, 0.2) is 43.0 Å². The molecule has 0 saturated heterocycles. The second-order valence-corrected chi connectivity index (χ2v) is 5.08. The first kappa shape index (κ1) is 14.9.